The maximum Gasteiger partial charge on any atom is 0.288 e. The van der Waals surface area contributed by atoms with Crippen molar-refractivity contribution in [2.24, 2.45) is 0 Å². The van der Waals surface area contributed by atoms with Crippen molar-refractivity contribution < 1.29 is 9.90 Å². The molecule has 5 N–H and O–H groups in total. The van der Waals surface area contributed by atoms with Crippen LogP contribution < -0.4 is 11.1 Å². The fraction of sp³-hybridized carbons (Fsp3) is 0.182. The number of nitrogens with one attached hydrogen (secondary N) is 2. The van der Waals surface area contributed by atoms with Gasteiger partial charge in [0, 0.05) is 6.54 Å². The number of hydrogen-bond donors (Lipinski definition) is 4. The number of aliphatic hydroxyl groups excluding tert-OH is 1. The Labute approximate surface area is 103 Å². The van der Waals surface area contributed by atoms with Crippen LogP contribution >= 0.6 is 0 Å². The molecule has 0 atom stereocenters. The van der Waals surface area contributed by atoms with E-state index in [4.69, 9.17) is 10.8 Å². The highest BCUT2D eigenvalue weighted by Crippen LogP contribution is 2.04. The number of benzene rings is 1. The number of nitrogen functional groups attached to an aromatic ring is 1. The van der Waals surface area contributed by atoms with Crippen molar-refractivity contribution in [3.05, 3.63) is 41.2 Å². The van der Waals surface area contributed by atoms with Gasteiger partial charge in [-0.2, -0.15) is 4.98 Å². The summed E-state index contributed by atoms with van der Waals surface area (Å²) in [5, 5.41) is 17.6. The lowest BCUT2D eigenvalue weighted by Gasteiger charge is -2.04. The number of hydrogen-bond acceptors (Lipinski definition) is 5. The molecule has 0 aliphatic heterocycles. The highest BCUT2D eigenvalue weighted by Gasteiger charge is 2.09. The lowest BCUT2D eigenvalue weighted by molar-refractivity contribution is 0.0941. The third-order valence-corrected chi connectivity index (χ3v) is 2.38. The zero-order chi connectivity index (χ0) is 13.0. The molecule has 1 heterocycles. The van der Waals surface area contributed by atoms with Crippen LogP contribution in [-0.2, 0) is 13.2 Å². The minimum Gasteiger partial charge on any atom is -0.392 e. The quantitative estimate of drug-likeness (QED) is 0.597. The molecule has 1 aromatic carbocycles. The Bertz CT molecular complexity index is 535. The molecule has 0 aliphatic rings. The Morgan fingerprint density at radius 2 is 2.00 bits per heavy atom. The molecule has 0 fully saturated rings. The van der Waals surface area contributed by atoms with Gasteiger partial charge in [-0.05, 0) is 11.1 Å². The van der Waals surface area contributed by atoms with Gasteiger partial charge >= 0.3 is 0 Å². The van der Waals surface area contributed by atoms with Crippen molar-refractivity contribution in [3.63, 3.8) is 0 Å². The number of rotatable bonds is 4. The van der Waals surface area contributed by atoms with Crippen molar-refractivity contribution >= 4 is 11.9 Å². The van der Waals surface area contributed by atoms with Crippen LogP contribution in [0.4, 0.5) is 5.95 Å². The Hall–Kier alpha value is -2.41. The number of anilines is 1. The summed E-state index contributed by atoms with van der Waals surface area (Å²) in [6.07, 6.45) is 0. The van der Waals surface area contributed by atoms with Gasteiger partial charge in [0.15, 0.2) is 0 Å². The van der Waals surface area contributed by atoms with Crippen LogP contribution in [0.5, 0.6) is 0 Å². The monoisotopic (exact) mass is 247 g/mol. The van der Waals surface area contributed by atoms with Gasteiger partial charge in [0.1, 0.15) is 0 Å². The van der Waals surface area contributed by atoms with Crippen molar-refractivity contribution in [1.29, 1.82) is 0 Å². The van der Waals surface area contributed by atoms with E-state index in [1.165, 1.54) is 0 Å². The number of aliphatic hydroxyl groups is 1. The van der Waals surface area contributed by atoms with Crippen LogP contribution in [-0.4, -0.2) is 26.2 Å². The van der Waals surface area contributed by atoms with Gasteiger partial charge in [0.2, 0.25) is 11.8 Å². The molecule has 7 nitrogen and oxygen atoms in total. The molecule has 0 aliphatic carbocycles. The fourth-order valence-corrected chi connectivity index (χ4v) is 1.40. The van der Waals surface area contributed by atoms with E-state index in [-0.39, 0.29) is 24.3 Å². The van der Waals surface area contributed by atoms with Gasteiger partial charge < -0.3 is 16.2 Å². The Morgan fingerprint density at radius 1 is 1.33 bits per heavy atom. The average Bonchev–Trinajstić information content (AvgIpc) is 2.83. The molecule has 7 heteroatoms. The summed E-state index contributed by atoms with van der Waals surface area (Å²) in [4.78, 5) is 15.3. The number of aromatic amines is 1. The van der Waals surface area contributed by atoms with E-state index in [0.29, 0.717) is 6.54 Å². The third kappa shape index (κ3) is 2.83. The number of aromatic nitrogens is 3. The van der Waals surface area contributed by atoms with Crippen LogP contribution in [0.15, 0.2) is 24.3 Å². The molecule has 2 aromatic rings. The molecule has 0 bridgehead atoms. The maximum atomic E-state index is 11.6. The molecular weight excluding hydrogens is 234 g/mol. The number of carbonyl (C=O) groups excluding carboxylic acids is 1. The van der Waals surface area contributed by atoms with Crippen molar-refractivity contribution in [1.82, 2.24) is 20.5 Å². The van der Waals surface area contributed by atoms with Gasteiger partial charge in [-0.1, -0.05) is 24.3 Å². The summed E-state index contributed by atoms with van der Waals surface area (Å²) in [5.74, 6) is -0.252. The second kappa shape index (κ2) is 5.28. The van der Waals surface area contributed by atoms with Gasteiger partial charge in [0.05, 0.1) is 6.61 Å². The smallest absolute Gasteiger partial charge is 0.288 e. The van der Waals surface area contributed by atoms with E-state index in [1.54, 1.807) is 12.1 Å². The first kappa shape index (κ1) is 12.1. The number of H-pyrrole nitrogens is 1. The average molecular weight is 247 g/mol. The molecule has 0 radical (unpaired) electrons. The van der Waals surface area contributed by atoms with E-state index in [2.05, 4.69) is 20.5 Å². The Morgan fingerprint density at radius 3 is 2.56 bits per heavy atom. The minimum absolute atomic E-state index is 0.00395. The van der Waals surface area contributed by atoms with E-state index >= 15 is 0 Å². The molecule has 18 heavy (non-hydrogen) atoms. The number of nitrogens with zero attached hydrogens (tertiary/aromatic N) is 2. The first-order chi connectivity index (χ1) is 8.69. The Balaban J connectivity index is 1.92. The maximum absolute atomic E-state index is 11.6. The zero-order valence-electron chi connectivity index (χ0n) is 9.55. The van der Waals surface area contributed by atoms with Crippen LogP contribution in [0.2, 0.25) is 0 Å². The number of carbonyl (C=O) groups is 1. The van der Waals surface area contributed by atoms with E-state index in [9.17, 15) is 4.79 Å². The zero-order valence-corrected chi connectivity index (χ0v) is 9.55. The summed E-state index contributed by atoms with van der Waals surface area (Å²) in [6.45, 7) is 0.370. The molecule has 1 aromatic heterocycles. The van der Waals surface area contributed by atoms with Crippen molar-refractivity contribution in [3.8, 4) is 0 Å². The molecular formula is C11H13N5O2. The van der Waals surface area contributed by atoms with Gasteiger partial charge in [0.25, 0.3) is 5.91 Å². The number of amides is 1. The summed E-state index contributed by atoms with van der Waals surface area (Å²) in [6, 6.07) is 7.27. The first-order valence-corrected chi connectivity index (χ1v) is 5.34. The SMILES string of the molecule is Nc1n[nH]c(C(=O)NCc2ccc(CO)cc2)n1. The second-order valence-corrected chi connectivity index (χ2v) is 3.70. The second-order valence-electron chi connectivity index (χ2n) is 3.70. The van der Waals surface area contributed by atoms with Gasteiger partial charge in [-0.15, -0.1) is 5.10 Å². The van der Waals surface area contributed by atoms with Crippen LogP contribution in [0, 0.1) is 0 Å². The van der Waals surface area contributed by atoms with Gasteiger partial charge in [-0.25, -0.2) is 0 Å². The lowest BCUT2D eigenvalue weighted by atomic mass is 10.1. The first-order valence-electron chi connectivity index (χ1n) is 5.34. The van der Waals surface area contributed by atoms with E-state index in [1.807, 2.05) is 12.1 Å². The molecule has 94 valence electrons. The predicted molar refractivity (Wildman–Crippen MR) is 64.3 cm³/mol. The van der Waals surface area contributed by atoms with Crippen LogP contribution in [0.1, 0.15) is 21.7 Å². The van der Waals surface area contributed by atoms with Crippen LogP contribution in [0.25, 0.3) is 0 Å². The van der Waals surface area contributed by atoms with Crippen molar-refractivity contribution in [2.75, 3.05) is 5.73 Å². The van der Waals surface area contributed by atoms with Crippen molar-refractivity contribution in [2.45, 2.75) is 13.2 Å². The molecule has 0 unspecified atom stereocenters. The highest BCUT2D eigenvalue weighted by atomic mass is 16.3. The normalized spacial score (nSPS) is 10.3. The number of nitrogens with two attached hydrogens (primary N) is 1. The third-order valence-electron chi connectivity index (χ3n) is 2.38. The lowest BCUT2D eigenvalue weighted by Crippen LogP contribution is -2.24. The van der Waals surface area contributed by atoms with Gasteiger partial charge in [-0.3, -0.25) is 9.89 Å². The summed E-state index contributed by atoms with van der Waals surface area (Å²) in [5.41, 5.74) is 7.05. The van der Waals surface area contributed by atoms with E-state index in [0.717, 1.165) is 11.1 Å². The molecule has 1 amide bonds. The fourth-order valence-electron chi connectivity index (χ4n) is 1.40. The summed E-state index contributed by atoms with van der Waals surface area (Å²) in [7, 11) is 0. The van der Waals surface area contributed by atoms with E-state index < -0.39 is 0 Å². The largest absolute Gasteiger partial charge is 0.392 e. The summed E-state index contributed by atoms with van der Waals surface area (Å²) >= 11 is 0. The minimum atomic E-state index is -0.370. The Kier molecular flexibility index (Phi) is 3.54. The molecule has 0 saturated heterocycles. The molecule has 0 saturated carbocycles. The van der Waals surface area contributed by atoms with Crippen LogP contribution in [0.3, 0.4) is 0 Å². The molecule has 0 spiro atoms. The highest BCUT2D eigenvalue weighted by molar-refractivity contribution is 5.90. The summed E-state index contributed by atoms with van der Waals surface area (Å²) < 4.78 is 0. The predicted octanol–water partition coefficient (Wildman–Crippen LogP) is -0.191. The standard InChI is InChI=1S/C11H13N5O2/c12-11-14-9(15-16-11)10(18)13-5-7-1-3-8(6-17)4-2-7/h1-4,17H,5-6H2,(H,13,18)(H3,12,14,15,16). The molecule has 2 rings (SSSR count). The topological polar surface area (TPSA) is 117 Å².